The van der Waals surface area contributed by atoms with E-state index in [-0.39, 0.29) is 5.28 Å². The van der Waals surface area contributed by atoms with Crippen LogP contribution in [0.2, 0.25) is 10.4 Å². The fourth-order valence-electron chi connectivity index (χ4n) is 2.34. The van der Waals surface area contributed by atoms with Crippen molar-refractivity contribution in [2.75, 3.05) is 18.0 Å². The molecule has 2 saturated heterocycles. The Morgan fingerprint density at radius 3 is 2.50 bits per heavy atom. The van der Waals surface area contributed by atoms with Gasteiger partial charge < -0.3 is 9.64 Å². The van der Waals surface area contributed by atoms with Crippen molar-refractivity contribution < 1.29 is 4.74 Å². The molecule has 3 heterocycles. The van der Waals surface area contributed by atoms with E-state index in [9.17, 15) is 0 Å². The molecule has 0 aromatic carbocycles. The van der Waals surface area contributed by atoms with Crippen LogP contribution in [0.3, 0.4) is 0 Å². The second-order valence-corrected chi connectivity index (χ2v) is 4.91. The predicted octanol–water partition coefficient (Wildman–Crippen LogP) is 2.15. The number of nitrogens with zero attached hydrogens (tertiary/aromatic N) is 3. The molecule has 2 bridgehead atoms. The van der Waals surface area contributed by atoms with Gasteiger partial charge in [-0.15, -0.1) is 0 Å². The monoisotopic (exact) mass is 259 g/mol. The number of hydrogen-bond donors (Lipinski definition) is 0. The Bertz CT molecular complexity index is 383. The molecular formula is C10H11Cl2N3O. The highest BCUT2D eigenvalue weighted by Crippen LogP contribution is 2.29. The number of halogens is 2. The summed E-state index contributed by atoms with van der Waals surface area (Å²) in [4.78, 5) is 10.2. The molecule has 0 aliphatic carbocycles. The van der Waals surface area contributed by atoms with Gasteiger partial charge >= 0.3 is 0 Å². The van der Waals surface area contributed by atoms with Crippen LogP contribution in [0.25, 0.3) is 0 Å². The van der Waals surface area contributed by atoms with Crippen molar-refractivity contribution in [2.45, 2.75) is 25.0 Å². The molecule has 2 aliphatic rings. The summed E-state index contributed by atoms with van der Waals surface area (Å²) in [5, 5.41) is 0.579. The van der Waals surface area contributed by atoms with Gasteiger partial charge in [-0.2, -0.15) is 0 Å². The molecule has 2 atom stereocenters. The smallest absolute Gasteiger partial charge is 0.225 e. The Morgan fingerprint density at radius 1 is 1.19 bits per heavy atom. The number of rotatable bonds is 1. The topological polar surface area (TPSA) is 38.2 Å². The molecule has 2 aliphatic heterocycles. The summed E-state index contributed by atoms with van der Waals surface area (Å²) in [6.07, 6.45) is 2.92. The zero-order valence-electron chi connectivity index (χ0n) is 8.57. The van der Waals surface area contributed by atoms with Crippen LogP contribution in [-0.2, 0) is 4.74 Å². The quantitative estimate of drug-likeness (QED) is 0.572. The predicted molar refractivity (Wildman–Crippen MR) is 62.2 cm³/mol. The van der Waals surface area contributed by atoms with Crippen LogP contribution in [0.5, 0.6) is 0 Å². The molecule has 1 aromatic rings. The van der Waals surface area contributed by atoms with Gasteiger partial charge in [0.25, 0.3) is 0 Å². The highest BCUT2D eigenvalue weighted by Gasteiger charge is 2.34. The van der Waals surface area contributed by atoms with Crippen LogP contribution in [0.15, 0.2) is 6.07 Å². The average Bonchev–Trinajstić information content (AvgIpc) is 2.56. The highest BCUT2D eigenvalue weighted by atomic mass is 35.5. The number of morpholine rings is 1. The van der Waals surface area contributed by atoms with Gasteiger partial charge in [-0.05, 0) is 24.4 Å². The van der Waals surface area contributed by atoms with E-state index in [4.69, 9.17) is 27.9 Å². The minimum Gasteiger partial charge on any atom is -0.371 e. The Balaban J connectivity index is 1.86. The molecule has 6 heteroatoms. The summed E-state index contributed by atoms with van der Waals surface area (Å²) < 4.78 is 5.76. The van der Waals surface area contributed by atoms with Crippen molar-refractivity contribution in [3.63, 3.8) is 0 Å². The summed E-state index contributed by atoms with van der Waals surface area (Å²) in [6, 6.07) is 1.75. The average molecular weight is 260 g/mol. The Kier molecular flexibility index (Phi) is 2.65. The van der Waals surface area contributed by atoms with Crippen molar-refractivity contribution >= 4 is 29.0 Å². The summed E-state index contributed by atoms with van der Waals surface area (Å²) in [6.45, 7) is 1.72. The molecule has 3 rings (SSSR count). The summed E-state index contributed by atoms with van der Waals surface area (Å²) in [5.41, 5.74) is 0. The fraction of sp³-hybridized carbons (Fsp3) is 0.600. The largest absolute Gasteiger partial charge is 0.371 e. The summed E-state index contributed by atoms with van der Waals surface area (Å²) >= 11 is 11.7. The lowest BCUT2D eigenvalue weighted by Crippen LogP contribution is -2.43. The Morgan fingerprint density at radius 2 is 1.88 bits per heavy atom. The molecule has 0 amide bonds. The van der Waals surface area contributed by atoms with E-state index in [0.717, 1.165) is 31.7 Å². The van der Waals surface area contributed by atoms with Gasteiger partial charge in [0.2, 0.25) is 5.28 Å². The first-order valence-corrected chi connectivity index (χ1v) is 6.07. The van der Waals surface area contributed by atoms with Crippen LogP contribution >= 0.6 is 23.2 Å². The van der Waals surface area contributed by atoms with Crippen LogP contribution in [0, 0.1) is 0 Å². The van der Waals surface area contributed by atoms with E-state index in [0.29, 0.717) is 17.4 Å². The van der Waals surface area contributed by atoms with Gasteiger partial charge in [-0.25, -0.2) is 9.97 Å². The van der Waals surface area contributed by atoms with Crippen LogP contribution < -0.4 is 4.90 Å². The summed E-state index contributed by atoms with van der Waals surface area (Å²) in [5.74, 6) is 0.796. The maximum absolute atomic E-state index is 5.86. The lowest BCUT2D eigenvalue weighted by molar-refractivity contribution is 0.0302. The maximum Gasteiger partial charge on any atom is 0.225 e. The number of fused-ring (bicyclic) bond motifs is 2. The molecule has 16 heavy (non-hydrogen) atoms. The molecule has 0 saturated carbocycles. The number of anilines is 1. The SMILES string of the molecule is Clc1cc(N2CC3CCC(C2)O3)nc(Cl)n1. The van der Waals surface area contributed by atoms with Crippen LogP contribution in [0.1, 0.15) is 12.8 Å². The maximum atomic E-state index is 5.86. The first-order valence-electron chi connectivity index (χ1n) is 5.31. The first-order chi connectivity index (χ1) is 7.70. The van der Waals surface area contributed by atoms with Crippen molar-refractivity contribution in [1.29, 1.82) is 0 Å². The summed E-state index contributed by atoms with van der Waals surface area (Å²) in [7, 11) is 0. The van der Waals surface area contributed by atoms with E-state index in [1.807, 2.05) is 0 Å². The lowest BCUT2D eigenvalue weighted by Gasteiger charge is -2.32. The molecule has 86 valence electrons. The Hall–Kier alpha value is -0.580. The first kappa shape index (κ1) is 10.6. The van der Waals surface area contributed by atoms with E-state index in [1.54, 1.807) is 6.07 Å². The van der Waals surface area contributed by atoms with Gasteiger partial charge in [0, 0.05) is 19.2 Å². The van der Waals surface area contributed by atoms with Crippen molar-refractivity contribution in [3.05, 3.63) is 16.5 Å². The third-order valence-electron chi connectivity index (χ3n) is 3.02. The van der Waals surface area contributed by atoms with Gasteiger partial charge in [-0.3, -0.25) is 0 Å². The van der Waals surface area contributed by atoms with Crippen molar-refractivity contribution in [1.82, 2.24) is 9.97 Å². The minimum absolute atomic E-state index is 0.196. The van der Waals surface area contributed by atoms with Crippen LogP contribution in [0.4, 0.5) is 5.82 Å². The minimum atomic E-state index is 0.196. The van der Waals surface area contributed by atoms with E-state index >= 15 is 0 Å². The third-order valence-corrected chi connectivity index (χ3v) is 3.38. The van der Waals surface area contributed by atoms with Gasteiger partial charge in [0.1, 0.15) is 11.0 Å². The zero-order valence-corrected chi connectivity index (χ0v) is 10.1. The van der Waals surface area contributed by atoms with Gasteiger partial charge in [0.05, 0.1) is 12.2 Å². The molecule has 0 radical (unpaired) electrons. The Labute approximate surface area is 104 Å². The van der Waals surface area contributed by atoms with Gasteiger partial charge in [-0.1, -0.05) is 11.6 Å². The number of hydrogen-bond acceptors (Lipinski definition) is 4. The molecule has 2 fully saturated rings. The molecule has 1 aromatic heterocycles. The second-order valence-electron chi connectivity index (χ2n) is 4.18. The van der Waals surface area contributed by atoms with E-state index < -0.39 is 0 Å². The molecular weight excluding hydrogens is 249 g/mol. The van der Waals surface area contributed by atoms with E-state index in [1.165, 1.54) is 0 Å². The third kappa shape index (κ3) is 1.97. The molecule has 0 N–H and O–H groups in total. The standard InChI is InChI=1S/C10H11Cl2N3O/c11-8-3-9(14-10(12)13-8)15-4-6-1-2-7(5-15)16-6/h3,6-7H,1-2,4-5H2. The normalized spacial score (nSPS) is 28.5. The zero-order chi connectivity index (χ0) is 11.1. The fourth-order valence-corrected chi connectivity index (χ4v) is 2.74. The molecule has 0 spiro atoms. The number of ether oxygens (including phenoxy) is 1. The number of aromatic nitrogens is 2. The van der Waals surface area contributed by atoms with Crippen LogP contribution in [-0.4, -0.2) is 35.3 Å². The second kappa shape index (κ2) is 4.02. The van der Waals surface area contributed by atoms with E-state index in [2.05, 4.69) is 14.9 Å². The molecule has 2 unspecified atom stereocenters. The lowest BCUT2D eigenvalue weighted by atomic mass is 10.2. The molecule has 4 nitrogen and oxygen atoms in total. The van der Waals surface area contributed by atoms with Gasteiger partial charge in [0.15, 0.2) is 0 Å². The van der Waals surface area contributed by atoms with Crippen molar-refractivity contribution in [2.24, 2.45) is 0 Å². The highest BCUT2D eigenvalue weighted by molar-refractivity contribution is 6.32. The van der Waals surface area contributed by atoms with Crippen molar-refractivity contribution in [3.8, 4) is 0 Å².